The van der Waals surface area contributed by atoms with E-state index in [4.69, 9.17) is 5.73 Å². The Bertz CT molecular complexity index is 388. The van der Waals surface area contributed by atoms with Gasteiger partial charge in [0.2, 0.25) is 5.91 Å². The van der Waals surface area contributed by atoms with Gasteiger partial charge in [-0.25, -0.2) is 0 Å². The molecule has 19 heavy (non-hydrogen) atoms. The smallest absolute Gasteiger partial charge is 0.226 e. The Hall–Kier alpha value is -0.570. The Kier molecular flexibility index (Phi) is 2.80. The number of carbonyl (C=O) groups is 1. The van der Waals surface area contributed by atoms with Gasteiger partial charge in [-0.2, -0.15) is 0 Å². The Morgan fingerprint density at radius 2 is 1.79 bits per heavy atom. The summed E-state index contributed by atoms with van der Waals surface area (Å²) < 4.78 is 0. The number of carbonyl (C=O) groups excluding carboxylic acids is 1. The van der Waals surface area contributed by atoms with Gasteiger partial charge in [0.25, 0.3) is 0 Å². The maximum atomic E-state index is 12.8. The lowest BCUT2D eigenvalue weighted by Crippen LogP contribution is -2.60. The first-order valence-electron chi connectivity index (χ1n) is 7.79. The molecule has 0 aromatic rings. The van der Waals surface area contributed by atoms with E-state index < -0.39 is 0 Å². The summed E-state index contributed by atoms with van der Waals surface area (Å²) in [5.74, 6) is 1.05. The van der Waals surface area contributed by atoms with Gasteiger partial charge in [-0.15, -0.1) is 0 Å². The molecule has 3 nitrogen and oxygen atoms in total. The highest BCUT2D eigenvalue weighted by Crippen LogP contribution is 2.69. The van der Waals surface area contributed by atoms with Gasteiger partial charge in [-0.1, -0.05) is 13.8 Å². The zero-order valence-electron chi connectivity index (χ0n) is 12.6. The fraction of sp³-hybridized carbons (Fsp3) is 0.938. The lowest BCUT2D eigenvalue weighted by Gasteiger charge is -2.64. The number of hydrogen-bond acceptors (Lipinski definition) is 2. The van der Waals surface area contributed by atoms with Gasteiger partial charge in [0.15, 0.2) is 0 Å². The fourth-order valence-electron chi connectivity index (χ4n) is 6.14. The van der Waals surface area contributed by atoms with E-state index in [-0.39, 0.29) is 17.4 Å². The van der Waals surface area contributed by atoms with Gasteiger partial charge < -0.3 is 11.1 Å². The quantitative estimate of drug-likeness (QED) is 0.822. The maximum Gasteiger partial charge on any atom is 0.226 e. The van der Waals surface area contributed by atoms with Crippen LogP contribution < -0.4 is 11.1 Å². The highest BCUT2D eigenvalue weighted by molar-refractivity contribution is 5.83. The summed E-state index contributed by atoms with van der Waals surface area (Å²) in [4.78, 5) is 12.8. The van der Waals surface area contributed by atoms with E-state index in [1.54, 1.807) is 0 Å². The van der Waals surface area contributed by atoms with Crippen molar-refractivity contribution in [1.29, 1.82) is 0 Å². The first-order chi connectivity index (χ1) is 8.78. The molecular weight excluding hydrogens is 236 g/mol. The minimum absolute atomic E-state index is 0.0909. The SMILES string of the molecule is C[C@@H](CN)NC(=O)C12CC3CC(C)(CC(C)(C3)C1)C2. The van der Waals surface area contributed by atoms with Crippen LogP contribution >= 0.6 is 0 Å². The molecule has 0 aromatic heterocycles. The van der Waals surface area contributed by atoms with Crippen molar-refractivity contribution in [3.63, 3.8) is 0 Å². The van der Waals surface area contributed by atoms with Crippen LogP contribution in [0.1, 0.15) is 59.3 Å². The highest BCUT2D eigenvalue weighted by Gasteiger charge is 2.62. The van der Waals surface area contributed by atoms with E-state index in [0.717, 1.165) is 25.2 Å². The van der Waals surface area contributed by atoms with Crippen LogP contribution in [0.2, 0.25) is 0 Å². The molecule has 0 heterocycles. The molecule has 3 atom stereocenters. The van der Waals surface area contributed by atoms with Gasteiger partial charge in [0.1, 0.15) is 0 Å². The molecule has 1 amide bonds. The lowest BCUT2D eigenvalue weighted by molar-refractivity contribution is -0.170. The molecule has 108 valence electrons. The predicted octanol–water partition coefficient (Wildman–Crippen LogP) is 2.45. The monoisotopic (exact) mass is 264 g/mol. The molecule has 0 aromatic carbocycles. The maximum absolute atomic E-state index is 12.8. The summed E-state index contributed by atoms with van der Waals surface area (Å²) in [7, 11) is 0. The van der Waals surface area contributed by atoms with Crippen LogP contribution in [0.3, 0.4) is 0 Å². The van der Waals surface area contributed by atoms with Crippen molar-refractivity contribution in [2.45, 2.75) is 65.3 Å². The molecule has 4 aliphatic carbocycles. The summed E-state index contributed by atoms with van der Waals surface area (Å²) in [6.07, 6.45) is 7.29. The Morgan fingerprint density at radius 1 is 1.21 bits per heavy atom. The highest BCUT2D eigenvalue weighted by atomic mass is 16.2. The summed E-state index contributed by atoms with van der Waals surface area (Å²) in [5.41, 5.74) is 6.36. The van der Waals surface area contributed by atoms with Crippen molar-refractivity contribution in [3.05, 3.63) is 0 Å². The van der Waals surface area contributed by atoms with Gasteiger partial charge >= 0.3 is 0 Å². The second kappa shape index (κ2) is 3.97. The average molecular weight is 264 g/mol. The average Bonchev–Trinajstić information content (AvgIpc) is 2.23. The predicted molar refractivity (Wildman–Crippen MR) is 76.5 cm³/mol. The van der Waals surface area contributed by atoms with E-state index in [0.29, 0.717) is 17.4 Å². The number of hydrogen-bond donors (Lipinski definition) is 2. The van der Waals surface area contributed by atoms with Crippen LogP contribution in [0.4, 0.5) is 0 Å². The molecule has 4 aliphatic rings. The van der Waals surface area contributed by atoms with Crippen LogP contribution in [-0.4, -0.2) is 18.5 Å². The standard InChI is InChI=1S/C16H28N2O/c1-11(7-17)18-13(19)16-6-12-4-14(2,9-16)8-15(3,5-12)10-16/h11-12H,4-10,17H2,1-3H3,(H,18,19)/t11-,12?,14?,15?,16?/m0/s1. The molecule has 0 aliphatic heterocycles. The Balaban J connectivity index is 1.86. The summed E-state index contributed by atoms with van der Waals surface area (Å²) in [5, 5.41) is 3.16. The minimum Gasteiger partial charge on any atom is -0.352 e. The van der Waals surface area contributed by atoms with Gasteiger partial charge in [0, 0.05) is 12.6 Å². The van der Waals surface area contributed by atoms with E-state index in [9.17, 15) is 4.79 Å². The number of nitrogens with one attached hydrogen (secondary N) is 1. The first kappa shape index (κ1) is 13.4. The molecule has 4 rings (SSSR count). The van der Waals surface area contributed by atoms with Crippen molar-refractivity contribution in [3.8, 4) is 0 Å². The second-order valence-electron chi connectivity index (χ2n) is 8.52. The molecule has 4 fully saturated rings. The molecule has 4 bridgehead atoms. The molecule has 0 spiro atoms. The molecule has 4 saturated carbocycles. The lowest BCUT2D eigenvalue weighted by atomic mass is 9.40. The molecular formula is C16H28N2O. The minimum atomic E-state index is -0.0909. The second-order valence-corrected chi connectivity index (χ2v) is 8.52. The van der Waals surface area contributed by atoms with Crippen LogP contribution in [0.15, 0.2) is 0 Å². The van der Waals surface area contributed by atoms with E-state index >= 15 is 0 Å². The summed E-state index contributed by atoms with van der Waals surface area (Å²) in [6, 6.07) is 0.0983. The van der Waals surface area contributed by atoms with Crippen molar-refractivity contribution in [2.75, 3.05) is 6.54 Å². The molecule has 3 N–H and O–H groups in total. The largest absolute Gasteiger partial charge is 0.352 e. The van der Waals surface area contributed by atoms with Crippen molar-refractivity contribution >= 4 is 5.91 Å². The zero-order chi connectivity index (χ0) is 13.9. The first-order valence-corrected chi connectivity index (χ1v) is 7.79. The van der Waals surface area contributed by atoms with Crippen molar-refractivity contribution < 1.29 is 4.79 Å². The van der Waals surface area contributed by atoms with Crippen LogP contribution in [0, 0.1) is 22.2 Å². The summed E-state index contributed by atoms with van der Waals surface area (Å²) in [6.45, 7) is 7.34. The Labute approximate surface area is 116 Å². The van der Waals surface area contributed by atoms with Crippen molar-refractivity contribution in [1.82, 2.24) is 5.32 Å². The van der Waals surface area contributed by atoms with Crippen LogP contribution in [0.25, 0.3) is 0 Å². The van der Waals surface area contributed by atoms with Gasteiger partial charge in [-0.3, -0.25) is 4.79 Å². The number of rotatable bonds is 3. The van der Waals surface area contributed by atoms with E-state index in [1.165, 1.54) is 19.3 Å². The normalized spacial score (nSPS) is 49.2. The summed E-state index contributed by atoms with van der Waals surface area (Å²) >= 11 is 0. The third-order valence-electron chi connectivity index (χ3n) is 5.84. The van der Waals surface area contributed by atoms with Gasteiger partial charge in [-0.05, 0) is 62.2 Å². The van der Waals surface area contributed by atoms with Crippen LogP contribution in [0.5, 0.6) is 0 Å². The Morgan fingerprint density at radius 3 is 2.26 bits per heavy atom. The molecule has 0 saturated heterocycles. The molecule has 3 heteroatoms. The van der Waals surface area contributed by atoms with E-state index in [2.05, 4.69) is 19.2 Å². The van der Waals surface area contributed by atoms with Gasteiger partial charge in [0.05, 0.1) is 5.41 Å². The van der Waals surface area contributed by atoms with Crippen LogP contribution in [-0.2, 0) is 4.79 Å². The molecule has 0 radical (unpaired) electrons. The third-order valence-corrected chi connectivity index (χ3v) is 5.84. The fourth-order valence-corrected chi connectivity index (χ4v) is 6.14. The third kappa shape index (κ3) is 2.10. The zero-order valence-corrected chi connectivity index (χ0v) is 12.6. The van der Waals surface area contributed by atoms with E-state index in [1.807, 2.05) is 6.92 Å². The molecule has 2 unspecified atom stereocenters. The number of nitrogens with two attached hydrogens (primary N) is 1. The number of amides is 1. The topological polar surface area (TPSA) is 55.1 Å². The van der Waals surface area contributed by atoms with Crippen molar-refractivity contribution in [2.24, 2.45) is 27.9 Å².